The van der Waals surface area contributed by atoms with Crippen LogP contribution in [0, 0.1) is 24.2 Å². The number of nitriles is 1. The molecule has 0 aliphatic carbocycles. The predicted molar refractivity (Wildman–Crippen MR) is 136 cm³/mol. The lowest BCUT2D eigenvalue weighted by molar-refractivity contribution is 0.0783. The summed E-state index contributed by atoms with van der Waals surface area (Å²) < 4.78 is 5.92. The molecular formula is C27H26Cl2N4O2. The first-order valence-corrected chi connectivity index (χ1v) is 12.3. The fourth-order valence-corrected chi connectivity index (χ4v) is 4.94. The maximum absolute atomic E-state index is 13.4. The first-order valence-electron chi connectivity index (χ1n) is 11.6. The first-order chi connectivity index (χ1) is 16.9. The van der Waals surface area contributed by atoms with Gasteiger partial charge in [-0.05, 0) is 61.1 Å². The predicted octanol–water partition coefficient (Wildman–Crippen LogP) is 5.85. The van der Waals surface area contributed by atoms with E-state index < -0.39 is 0 Å². The second-order valence-corrected chi connectivity index (χ2v) is 9.53. The van der Waals surface area contributed by atoms with Crippen LogP contribution in [-0.4, -0.2) is 40.5 Å². The number of aromatic nitrogens is 2. The van der Waals surface area contributed by atoms with Crippen LogP contribution >= 0.6 is 23.2 Å². The average molecular weight is 509 g/mol. The van der Waals surface area contributed by atoms with Gasteiger partial charge in [0.15, 0.2) is 0 Å². The number of carbonyl (C=O) groups is 1. The number of benzene rings is 1. The highest BCUT2D eigenvalue weighted by Crippen LogP contribution is 2.38. The van der Waals surface area contributed by atoms with Crippen molar-refractivity contribution in [1.82, 2.24) is 14.9 Å². The minimum absolute atomic E-state index is 0.0300. The SMILES string of the molecule is CCc1ncc(C(=O)N2CC(CCOc3ccncc3C#N)C(c3ccc(Cl)c(Cl)c3)C2)cc1C. The highest BCUT2D eigenvalue weighted by Gasteiger charge is 2.36. The molecule has 1 amide bonds. The van der Waals surface area contributed by atoms with Gasteiger partial charge in [-0.2, -0.15) is 5.26 Å². The monoisotopic (exact) mass is 508 g/mol. The minimum atomic E-state index is -0.0300. The van der Waals surface area contributed by atoms with Gasteiger partial charge in [-0.3, -0.25) is 14.8 Å². The van der Waals surface area contributed by atoms with E-state index >= 15 is 0 Å². The molecule has 1 fully saturated rings. The molecule has 0 spiro atoms. The van der Waals surface area contributed by atoms with Crippen molar-refractivity contribution in [2.45, 2.75) is 32.6 Å². The van der Waals surface area contributed by atoms with Gasteiger partial charge in [0.2, 0.25) is 0 Å². The highest BCUT2D eigenvalue weighted by atomic mass is 35.5. The van der Waals surface area contributed by atoms with Crippen LogP contribution in [0.4, 0.5) is 0 Å². The molecule has 0 N–H and O–H groups in total. The Balaban J connectivity index is 1.53. The Morgan fingerprint density at radius 2 is 2.03 bits per heavy atom. The molecule has 0 saturated carbocycles. The van der Waals surface area contributed by atoms with Gasteiger partial charge in [-0.1, -0.05) is 36.2 Å². The highest BCUT2D eigenvalue weighted by molar-refractivity contribution is 6.42. The normalized spacial score (nSPS) is 17.3. The Labute approximate surface area is 215 Å². The molecule has 0 bridgehead atoms. The number of nitrogens with zero attached hydrogens (tertiary/aromatic N) is 4. The number of likely N-dealkylation sites (tertiary alicyclic amines) is 1. The van der Waals surface area contributed by atoms with E-state index in [1.807, 2.05) is 30.0 Å². The van der Waals surface area contributed by atoms with Crippen molar-refractivity contribution in [3.63, 3.8) is 0 Å². The largest absolute Gasteiger partial charge is 0.492 e. The summed E-state index contributed by atoms with van der Waals surface area (Å²) in [5, 5.41) is 10.3. The van der Waals surface area contributed by atoms with Crippen LogP contribution in [0.25, 0.3) is 0 Å². The number of aryl methyl sites for hydroxylation is 2. The number of hydrogen-bond acceptors (Lipinski definition) is 5. The van der Waals surface area contributed by atoms with Crippen molar-refractivity contribution in [1.29, 1.82) is 5.26 Å². The smallest absolute Gasteiger partial charge is 0.255 e. The standard InChI is InChI=1S/C27H26Cl2N4O2/c1-3-25-17(2)10-20(14-32-25)27(34)33-15-19(7-9-35-26-6-8-31-13-21(26)12-30)22(16-33)18-4-5-23(28)24(29)11-18/h4-6,8,10-11,13-14,19,22H,3,7,9,15-16H2,1-2H3. The quantitative estimate of drug-likeness (QED) is 0.399. The zero-order chi connectivity index (χ0) is 24.9. The van der Waals surface area contributed by atoms with E-state index in [4.69, 9.17) is 27.9 Å². The molecule has 0 radical (unpaired) electrons. The van der Waals surface area contributed by atoms with E-state index in [9.17, 15) is 10.1 Å². The van der Waals surface area contributed by atoms with Crippen molar-refractivity contribution in [2.24, 2.45) is 5.92 Å². The van der Waals surface area contributed by atoms with Gasteiger partial charge in [-0.25, -0.2) is 0 Å². The molecule has 2 atom stereocenters. The van der Waals surface area contributed by atoms with Crippen LogP contribution in [0.2, 0.25) is 10.0 Å². The van der Waals surface area contributed by atoms with Crippen LogP contribution in [0.1, 0.15) is 52.0 Å². The van der Waals surface area contributed by atoms with E-state index in [1.54, 1.807) is 24.5 Å². The second kappa shape index (κ2) is 11.1. The van der Waals surface area contributed by atoms with Gasteiger partial charge in [-0.15, -0.1) is 0 Å². The third-order valence-corrected chi connectivity index (χ3v) is 7.26. The van der Waals surface area contributed by atoms with Crippen LogP contribution in [-0.2, 0) is 6.42 Å². The number of rotatable bonds is 7. The fraction of sp³-hybridized carbons (Fsp3) is 0.333. The Kier molecular flexibility index (Phi) is 7.90. The molecule has 180 valence electrons. The summed E-state index contributed by atoms with van der Waals surface area (Å²) in [5.41, 5.74) is 4.06. The molecule has 1 aromatic carbocycles. The number of carbonyl (C=O) groups excluding carboxylic acids is 1. The second-order valence-electron chi connectivity index (χ2n) is 8.71. The number of pyridine rings is 2. The summed E-state index contributed by atoms with van der Waals surface area (Å²) in [4.78, 5) is 23.7. The summed E-state index contributed by atoms with van der Waals surface area (Å²) in [6.45, 7) is 5.60. The van der Waals surface area contributed by atoms with Crippen molar-refractivity contribution in [2.75, 3.05) is 19.7 Å². The summed E-state index contributed by atoms with van der Waals surface area (Å²) in [5.74, 6) is 0.705. The Morgan fingerprint density at radius 1 is 1.20 bits per heavy atom. The maximum Gasteiger partial charge on any atom is 0.255 e. The summed E-state index contributed by atoms with van der Waals surface area (Å²) >= 11 is 12.5. The van der Waals surface area contributed by atoms with Crippen LogP contribution in [0.5, 0.6) is 5.75 Å². The molecule has 1 aliphatic heterocycles. The van der Waals surface area contributed by atoms with E-state index in [2.05, 4.69) is 23.0 Å². The molecule has 35 heavy (non-hydrogen) atoms. The Morgan fingerprint density at radius 3 is 2.74 bits per heavy atom. The number of halogens is 2. The molecule has 1 aliphatic rings. The van der Waals surface area contributed by atoms with E-state index in [-0.39, 0.29) is 17.7 Å². The summed E-state index contributed by atoms with van der Waals surface area (Å²) in [6, 6.07) is 11.4. The Bertz CT molecular complexity index is 1270. The van der Waals surface area contributed by atoms with Crippen LogP contribution in [0.3, 0.4) is 0 Å². The van der Waals surface area contributed by atoms with Gasteiger partial charge in [0.25, 0.3) is 5.91 Å². The van der Waals surface area contributed by atoms with Gasteiger partial charge < -0.3 is 9.64 Å². The van der Waals surface area contributed by atoms with Gasteiger partial charge in [0.1, 0.15) is 17.4 Å². The Hall–Kier alpha value is -3.14. The molecular weight excluding hydrogens is 483 g/mol. The minimum Gasteiger partial charge on any atom is -0.492 e. The topological polar surface area (TPSA) is 79.1 Å². The summed E-state index contributed by atoms with van der Waals surface area (Å²) in [7, 11) is 0. The maximum atomic E-state index is 13.4. The lowest BCUT2D eigenvalue weighted by Gasteiger charge is -2.19. The van der Waals surface area contributed by atoms with E-state index in [0.29, 0.717) is 53.0 Å². The first kappa shape index (κ1) is 25.0. The van der Waals surface area contributed by atoms with Crippen LogP contribution < -0.4 is 4.74 Å². The molecule has 2 unspecified atom stereocenters. The third-order valence-electron chi connectivity index (χ3n) is 6.52. The van der Waals surface area contributed by atoms with Crippen molar-refractivity contribution < 1.29 is 9.53 Å². The van der Waals surface area contributed by atoms with Crippen molar-refractivity contribution in [3.8, 4) is 11.8 Å². The zero-order valence-corrected chi connectivity index (χ0v) is 21.2. The van der Waals surface area contributed by atoms with E-state index in [1.165, 1.54) is 6.20 Å². The van der Waals surface area contributed by atoms with Crippen molar-refractivity contribution in [3.05, 3.63) is 86.9 Å². The van der Waals surface area contributed by atoms with Crippen molar-refractivity contribution >= 4 is 29.1 Å². The number of hydrogen-bond donors (Lipinski definition) is 0. The lowest BCUT2D eigenvalue weighted by atomic mass is 9.87. The fourth-order valence-electron chi connectivity index (χ4n) is 4.63. The number of ether oxygens (including phenoxy) is 1. The number of amides is 1. The molecule has 4 rings (SSSR count). The van der Waals surface area contributed by atoms with Gasteiger partial charge >= 0.3 is 0 Å². The van der Waals surface area contributed by atoms with Gasteiger partial charge in [0.05, 0.1) is 22.2 Å². The lowest BCUT2D eigenvalue weighted by Crippen LogP contribution is -2.29. The zero-order valence-electron chi connectivity index (χ0n) is 19.7. The van der Waals surface area contributed by atoms with Crippen LogP contribution in [0.15, 0.2) is 48.9 Å². The molecule has 1 saturated heterocycles. The average Bonchev–Trinajstić information content (AvgIpc) is 3.29. The van der Waals surface area contributed by atoms with Gasteiger partial charge in [0, 0.05) is 43.3 Å². The molecule has 8 heteroatoms. The molecule has 6 nitrogen and oxygen atoms in total. The molecule has 3 heterocycles. The summed E-state index contributed by atoms with van der Waals surface area (Å²) in [6.07, 6.45) is 6.30. The molecule has 2 aromatic heterocycles. The molecule has 3 aromatic rings. The van der Waals surface area contributed by atoms with E-state index in [0.717, 1.165) is 23.2 Å². The third kappa shape index (κ3) is 5.58.